The molecule has 6 heteroatoms. The first-order valence-electron chi connectivity index (χ1n) is 6.62. The highest BCUT2D eigenvalue weighted by Gasteiger charge is 2.35. The summed E-state index contributed by atoms with van der Waals surface area (Å²) in [7, 11) is -3.35. The SMILES string of the molecule is CCN(C(C)CC(=O)O)S(=O)(=O)C1CCCCC1. The third kappa shape index (κ3) is 3.68. The molecule has 0 radical (unpaired) electrons. The average molecular weight is 277 g/mol. The molecule has 0 aromatic rings. The summed E-state index contributed by atoms with van der Waals surface area (Å²) in [6, 6.07) is -0.473. The Hall–Kier alpha value is -0.620. The molecule has 0 aromatic heterocycles. The Balaban J connectivity index is 2.81. The van der Waals surface area contributed by atoms with Gasteiger partial charge in [0.05, 0.1) is 11.7 Å². The molecule has 106 valence electrons. The number of aliphatic carboxylic acids is 1. The van der Waals surface area contributed by atoms with Gasteiger partial charge in [-0.1, -0.05) is 26.2 Å². The van der Waals surface area contributed by atoms with Crippen molar-refractivity contribution in [3.05, 3.63) is 0 Å². The van der Waals surface area contributed by atoms with Crippen molar-refractivity contribution >= 4 is 16.0 Å². The Morgan fingerprint density at radius 3 is 2.33 bits per heavy atom. The van der Waals surface area contributed by atoms with Gasteiger partial charge >= 0.3 is 5.97 Å². The molecule has 0 aliphatic heterocycles. The van der Waals surface area contributed by atoms with Gasteiger partial charge < -0.3 is 5.11 Å². The van der Waals surface area contributed by atoms with Crippen molar-refractivity contribution in [2.75, 3.05) is 6.54 Å². The maximum atomic E-state index is 12.5. The van der Waals surface area contributed by atoms with Gasteiger partial charge in [0.15, 0.2) is 0 Å². The van der Waals surface area contributed by atoms with Crippen molar-refractivity contribution in [2.45, 2.75) is 63.7 Å². The van der Waals surface area contributed by atoms with Crippen LogP contribution in [-0.2, 0) is 14.8 Å². The number of rotatable bonds is 6. The monoisotopic (exact) mass is 277 g/mol. The van der Waals surface area contributed by atoms with E-state index in [1.165, 1.54) is 4.31 Å². The van der Waals surface area contributed by atoms with Gasteiger partial charge in [-0.15, -0.1) is 0 Å². The Morgan fingerprint density at radius 2 is 1.89 bits per heavy atom. The van der Waals surface area contributed by atoms with Crippen LogP contribution >= 0.6 is 0 Å². The van der Waals surface area contributed by atoms with Crippen molar-refractivity contribution in [2.24, 2.45) is 0 Å². The second kappa shape index (κ2) is 6.52. The lowest BCUT2D eigenvalue weighted by Crippen LogP contribution is -2.45. The molecular weight excluding hydrogens is 254 g/mol. The molecule has 18 heavy (non-hydrogen) atoms. The van der Waals surface area contributed by atoms with Crippen LogP contribution in [0.3, 0.4) is 0 Å². The summed E-state index contributed by atoms with van der Waals surface area (Å²) in [5, 5.41) is 8.47. The van der Waals surface area contributed by atoms with E-state index in [0.717, 1.165) is 19.3 Å². The van der Waals surface area contributed by atoms with Gasteiger partial charge in [0.1, 0.15) is 0 Å². The number of sulfonamides is 1. The quantitative estimate of drug-likeness (QED) is 0.803. The van der Waals surface area contributed by atoms with Gasteiger partial charge in [0.2, 0.25) is 10.0 Å². The van der Waals surface area contributed by atoms with Crippen LogP contribution in [0.1, 0.15) is 52.4 Å². The highest BCUT2D eigenvalue weighted by molar-refractivity contribution is 7.89. The smallest absolute Gasteiger partial charge is 0.304 e. The Morgan fingerprint density at radius 1 is 1.33 bits per heavy atom. The summed E-state index contributed by atoms with van der Waals surface area (Å²) >= 11 is 0. The molecule has 1 aliphatic rings. The highest BCUT2D eigenvalue weighted by atomic mass is 32.2. The number of carboxylic acids is 1. The molecule has 0 amide bonds. The van der Waals surface area contributed by atoms with E-state index in [1.54, 1.807) is 13.8 Å². The molecule has 0 bridgehead atoms. The van der Waals surface area contributed by atoms with E-state index in [4.69, 9.17) is 5.11 Å². The summed E-state index contributed by atoms with van der Waals surface area (Å²) < 4.78 is 26.3. The molecule has 0 heterocycles. The minimum atomic E-state index is -3.35. The van der Waals surface area contributed by atoms with Gasteiger partial charge in [0.25, 0.3) is 0 Å². The molecular formula is C12H23NO4S. The predicted octanol–water partition coefficient (Wildman–Crippen LogP) is 1.83. The molecule has 1 fully saturated rings. The average Bonchev–Trinajstić information content (AvgIpc) is 2.29. The fourth-order valence-electron chi connectivity index (χ4n) is 2.65. The lowest BCUT2D eigenvalue weighted by atomic mass is 10.0. The van der Waals surface area contributed by atoms with E-state index >= 15 is 0 Å². The molecule has 1 rings (SSSR count). The number of nitrogens with zero attached hydrogens (tertiary/aromatic N) is 1. The summed E-state index contributed by atoms with van der Waals surface area (Å²) in [6.45, 7) is 3.77. The third-order valence-corrected chi connectivity index (χ3v) is 6.16. The molecule has 1 saturated carbocycles. The Labute approximate surface area is 109 Å². The fourth-order valence-corrected chi connectivity index (χ4v) is 4.90. The predicted molar refractivity (Wildman–Crippen MR) is 69.9 cm³/mol. The minimum Gasteiger partial charge on any atom is -0.481 e. The van der Waals surface area contributed by atoms with Crippen molar-refractivity contribution in [3.63, 3.8) is 0 Å². The van der Waals surface area contributed by atoms with E-state index in [1.807, 2.05) is 0 Å². The normalized spacial score (nSPS) is 19.9. The van der Waals surface area contributed by atoms with Crippen molar-refractivity contribution < 1.29 is 18.3 Å². The summed E-state index contributed by atoms with van der Waals surface area (Å²) in [5.41, 5.74) is 0. The minimum absolute atomic E-state index is 0.139. The van der Waals surface area contributed by atoms with Crippen LogP contribution in [0.2, 0.25) is 0 Å². The maximum Gasteiger partial charge on any atom is 0.304 e. The molecule has 5 nitrogen and oxygen atoms in total. The van der Waals surface area contributed by atoms with Crippen LogP contribution in [0, 0.1) is 0 Å². The van der Waals surface area contributed by atoms with E-state index in [9.17, 15) is 13.2 Å². The largest absolute Gasteiger partial charge is 0.481 e. The van der Waals surface area contributed by atoms with Gasteiger partial charge in [-0.2, -0.15) is 4.31 Å². The highest BCUT2D eigenvalue weighted by Crippen LogP contribution is 2.27. The summed E-state index contributed by atoms with van der Waals surface area (Å²) in [6.07, 6.45) is 4.28. The standard InChI is InChI=1S/C12H23NO4S/c1-3-13(10(2)9-12(14)15)18(16,17)11-7-5-4-6-8-11/h10-11H,3-9H2,1-2H3,(H,14,15). The van der Waals surface area contributed by atoms with Gasteiger partial charge in [-0.25, -0.2) is 8.42 Å². The number of hydrogen-bond donors (Lipinski definition) is 1. The van der Waals surface area contributed by atoms with Crippen molar-refractivity contribution in [1.29, 1.82) is 0 Å². The Bertz CT molecular complexity index is 374. The summed E-state index contributed by atoms with van der Waals surface area (Å²) in [4.78, 5) is 10.7. The van der Waals surface area contributed by atoms with Crippen LogP contribution in [0.5, 0.6) is 0 Å². The molecule has 1 N–H and O–H groups in total. The summed E-state index contributed by atoms with van der Waals surface area (Å²) in [5.74, 6) is -0.959. The first kappa shape index (κ1) is 15.4. The maximum absolute atomic E-state index is 12.5. The number of carbonyl (C=O) groups is 1. The zero-order valence-corrected chi connectivity index (χ0v) is 11.9. The van der Waals surface area contributed by atoms with E-state index in [0.29, 0.717) is 19.4 Å². The molecule has 1 unspecified atom stereocenters. The lowest BCUT2D eigenvalue weighted by Gasteiger charge is -2.32. The van der Waals surface area contributed by atoms with E-state index in [2.05, 4.69) is 0 Å². The van der Waals surface area contributed by atoms with Crippen LogP contribution < -0.4 is 0 Å². The Kier molecular flexibility index (Phi) is 5.59. The van der Waals surface area contributed by atoms with E-state index in [-0.39, 0.29) is 11.7 Å². The molecule has 0 aromatic carbocycles. The fraction of sp³-hybridized carbons (Fsp3) is 0.917. The topological polar surface area (TPSA) is 74.7 Å². The number of carboxylic acid groups (broad SMARTS) is 1. The first-order chi connectivity index (χ1) is 8.39. The van der Waals surface area contributed by atoms with Crippen LogP contribution in [0.4, 0.5) is 0 Å². The van der Waals surface area contributed by atoms with Gasteiger partial charge in [0, 0.05) is 12.6 Å². The molecule has 0 spiro atoms. The van der Waals surface area contributed by atoms with Crippen molar-refractivity contribution in [3.8, 4) is 0 Å². The zero-order chi connectivity index (χ0) is 13.8. The van der Waals surface area contributed by atoms with E-state index < -0.39 is 22.0 Å². The first-order valence-corrected chi connectivity index (χ1v) is 8.12. The van der Waals surface area contributed by atoms with Crippen LogP contribution in [0.25, 0.3) is 0 Å². The van der Waals surface area contributed by atoms with Crippen LogP contribution in [0.15, 0.2) is 0 Å². The van der Waals surface area contributed by atoms with Gasteiger partial charge in [-0.3, -0.25) is 4.79 Å². The third-order valence-electron chi connectivity index (χ3n) is 3.57. The van der Waals surface area contributed by atoms with Crippen LogP contribution in [-0.4, -0.2) is 41.6 Å². The molecule has 1 aliphatic carbocycles. The molecule has 0 saturated heterocycles. The zero-order valence-electron chi connectivity index (χ0n) is 11.1. The molecule has 1 atom stereocenters. The second-order valence-electron chi connectivity index (χ2n) is 4.96. The second-order valence-corrected chi connectivity index (χ2v) is 7.12. The van der Waals surface area contributed by atoms with Gasteiger partial charge in [-0.05, 0) is 19.8 Å². The lowest BCUT2D eigenvalue weighted by molar-refractivity contribution is -0.137. The van der Waals surface area contributed by atoms with Crippen molar-refractivity contribution in [1.82, 2.24) is 4.31 Å². The number of hydrogen-bond acceptors (Lipinski definition) is 3.